The number of aliphatic carboxylic acids is 1. The second kappa shape index (κ2) is 8.27. The monoisotopic (exact) mass is 387 g/mol. The van der Waals surface area contributed by atoms with Crippen molar-refractivity contribution >= 4 is 35.1 Å². The number of carbonyl (C=O) groups is 2. The molecule has 0 saturated carbocycles. The molecule has 2 aromatic rings. The van der Waals surface area contributed by atoms with Gasteiger partial charge in [-0.2, -0.15) is 0 Å². The van der Waals surface area contributed by atoms with Gasteiger partial charge < -0.3 is 10.4 Å². The topological polar surface area (TPSA) is 66.4 Å². The molecule has 0 heterocycles. The van der Waals surface area contributed by atoms with Crippen LogP contribution in [-0.2, 0) is 22.4 Å². The molecule has 0 aliphatic rings. The molecule has 0 saturated heterocycles. The standard InChI is InChI=1S/C17H13Cl2F2NO3/c18-10-5-4-9(12(19)7-10)6-15(17(24)25)22-16(23)8-11-13(20)2-1-3-14(11)21/h1-5,7,15H,6,8H2,(H,22,23)(H,24,25)/t15-/m1/s1. The average molecular weight is 388 g/mol. The summed E-state index contributed by atoms with van der Waals surface area (Å²) < 4.78 is 27.2. The van der Waals surface area contributed by atoms with Gasteiger partial charge in [0.25, 0.3) is 0 Å². The van der Waals surface area contributed by atoms with Crippen LogP contribution in [0.25, 0.3) is 0 Å². The summed E-state index contributed by atoms with van der Waals surface area (Å²) in [6.45, 7) is 0. The molecule has 0 aliphatic carbocycles. The van der Waals surface area contributed by atoms with Crippen molar-refractivity contribution in [3.05, 3.63) is 69.2 Å². The molecule has 2 rings (SSSR count). The van der Waals surface area contributed by atoms with Crippen molar-refractivity contribution < 1.29 is 23.5 Å². The number of hydrogen-bond acceptors (Lipinski definition) is 2. The molecule has 132 valence electrons. The lowest BCUT2D eigenvalue weighted by Gasteiger charge is -2.16. The number of amides is 1. The van der Waals surface area contributed by atoms with Crippen LogP contribution in [0.4, 0.5) is 8.78 Å². The summed E-state index contributed by atoms with van der Waals surface area (Å²) in [6, 6.07) is 6.45. The highest BCUT2D eigenvalue weighted by Crippen LogP contribution is 2.22. The molecule has 1 amide bonds. The van der Waals surface area contributed by atoms with Gasteiger partial charge in [0.2, 0.25) is 5.91 Å². The van der Waals surface area contributed by atoms with Crippen molar-refractivity contribution in [2.45, 2.75) is 18.9 Å². The van der Waals surface area contributed by atoms with Crippen LogP contribution < -0.4 is 5.32 Å². The Bertz CT molecular complexity index is 794. The maximum Gasteiger partial charge on any atom is 0.326 e. The van der Waals surface area contributed by atoms with Crippen molar-refractivity contribution in [1.29, 1.82) is 0 Å². The van der Waals surface area contributed by atoms with Crippen LogP contribution in [0.3, 0.4) is 0 Å². The zero-order chi connectivity index (χ0) is 18.6. The number of rotatable bonds is 6. The van der Waals surface area contributed by atoms with E-state index in [9.17, 15) is 23.5 Å². The Morgan fingerprint density at radius 3 is 2.32 bits per heavy atom. The molecule has 0 spiro atoms. The number of carboxylic acid groups (broad SMARTS) is 1. The van der Waals surface area contributed by atoms with E-state index >= 15 is 0 Å². The molecular formula is C17H13Cl2F2NO3. The van der Waals surface area contributed by atoms with E-state index in [2.05, 4.69) is 5.32 Å². The van der Waals surface area contributed by atoms with Gasteiger partial charge in [-0.25, -0.2) is 13.6 Å². The first-order valence-corrected chi connectivity index (χ1v) is 7.92. The lowest BCUT2D eigenvalue weighted by atomic mass is 10.0. The largest absolute Gasteiger partial charge is 0.480 e. The highest BCUT2D eigenvalue weighted by Gasteiger charge is 2.23. The maximum absolute atomic E-state index is 13.6. The molecule has 0 aromatic heterocycles. The Labute approximate surface area is 152 Å². The number of carbonyl (C=O) groups excluding carboxylic acids is 1. The zero-order valence-corrected chi connectivity index (χ0v) is 14.2. The second-order valence-electron chi connectivity index (χ2n) is 5.28. The summed E-state index contributed by atoms with van der Waals surface area (Å²) in [5, 5.41) is 12.2. The predicted octanol–water partition coefficient (Wildman–Crippen LogP) is 3.63. The molecule has 25 heavy (non-hydrogen) atoms. The summed E-state index contributed by atoms with van der Waals surface area (Å²) in [5.41, 5.74) is 0.0458. The predicted molar refractivity (Wildman–Crippen MR) is 89.8 cm³/mol. The molecule has 2 N–H and O–H groups in total. The van der Waals surface area contributed by atoms with Gasteiger partial charge in [-0.1, -0.05) is 35.3 Å². The highest BCUT2D eigenvalue weighted by molar-refractivity contribution is 6.35. The summed E-state index contributed by atoms with van der Waals surface area (Å²) >= 11 is 11.8. The summed E-state index contributed by atoms with van der Waals surface area (Å²) in [7, 11) is 0. The molecular weight excluding hydrogens is 375 g/mol. The first kappa shape index (κ1) is 19.1. The van der Waals surface area contributed by atoms with Gasteiger partial charge in [0.15, 0.2) is 0 Å². The van der Waals surface area contributed by atoms with Gasteiger partial charge in [0.1, 0.15) is 17.7 Å². The molecule has 0 radical (unpaired) electrons. The number of carboxylic acids is 1. The Hall–Kier alpha value is -2.18. The minimum atomic E-state index is -1.30. The van der Waals surface area contributed by atoms with E-state index in [0.29, 0.717) is 10.6 Å². The van der Waals surface area contributed by atoms with Crippen molar-refractivity contribution in [2.24, 2.45) is 0 Å². The fourth-order valence-corrected chi connectivity index (χ4v) is 2.70. The number of hydrogen-bond donors (Lipinski definition) is 2. The first-order chi connectivity index (χ1) is 11.8. The third-order valence-electron chi connectivity index (χ3n) is 3.47. The van der Waals surface area contributed by atoms with Gasteiger partial charge in [-0.15, -0.1) is 0 Å². The van der Waals surface area contributed by atoms with E-state index in [1.165, 1.54) is 18.2 Å². The second-order valence-corrected chi connectivity index (χ2v) is 6.12. The van der Waals surface area contributed by atoms with Crippen LogP contribution in [-0.4, -0.2) is 23.0 Å². The normalized spacial score (nSPS) is 11.8. The minimum Gasteiger partial charge on any atom is -0.480 e. The fourth-order valence-electron chi connectivity index (χ4n) is 2.21. The quantitative estimate of drug-likeness (QED) is 0.795. The first-order valence-electron chi connectivity index (χ1n) is 7.17. The van der Waals surface area contributed by atoms with Crippen LogP contribution in [0.1, 0.15) is 11.1 Å². The van der Waals surface area contributed by atoms with Gasteiger partial charge in [0.05, 0.1) is 6.42 Å². The van der Waals surface area contributed by atoms with Crippen LogP contribution in [0, 0.1) is 11.6 Å². The molecule has 0 bridgehead atoms. The van der Waals surface area contributed by atoms with Gasteiger partial charge in [-0.05, 0) is 29.8 Å². The molecule has 8 heteroatoms. The van der Waals surface area contributed by atoms with Crippen molar-refractivity contribution in [2.75, 3.05) is 0 Å². The third-order valence-corrected chi connectivity index (χ3v) is 4.06. The Balaban J connectivity index is 2.11. The van der Waals surface area contributed by atoms with Crippen molar-refractivity contribution in [3.63, 3.8) is 0 Å². The Morgan fingerprint density at radius 2 is 1.76 bits per heavy atom. The molecule has 2 aromatic carbocycles. The average Bonchev–Trinajstić information content (AvgIpc) is 2.52. The molecule has 1 atom stereocenters. The third kappa shape index (κ3) is 5.14. The lowest BCUT2D eigenvalue weighted by molar-refractivity contribution is -0.141. The molecule has 4 nitrogen and oxygen atoms in total. The number of nitrogens with one attached hydrogen (secondary N) is 1. The SMILES string of the molecule is O=C(Cc1c(F)cccc1F)N[C@H](Cc1ccc(Cl)cc1Cl)C(=O)O. The van der Waals surface area contributed by atoms with Gasteiger partial charge in [-0.3, -0.25) is 4.79 Å². The van der Waals surface area contributed by atoms with Crippen molar-refractivity contribution in [1.82, 2.24) is 5.32 Å². The number of benzene rings is 2. The highest BCUT2D eigenvalue weighted by atomic mass is 35.5. The van der Waals surface area contributed by atoms with Crippen LogP contribution in [0.2, 0.25) is 10.0 Å². The molecule has 0 aliphatic heterocycles. The Kier molecular flexibility index (Phi) is 6.33. The van der Waals surface area contributed by atoms with E-state index < -0.39 is 41.5 Å². The Morgan fingerprint density at radius 1 is 1.12 bits per heavy atom. The fraction of sp³-hybridized carbons (Fsp3) is 0.176. The minimum absolute atomic E-state index is 0.100. The smallest absolute Gasteiger partial charge is 0.326 e. The van der Waals surface area contributed by atoms with Crippen LogP contribution in [0.15, 0.2) is 36.4 Å². The molecule has 0 fully saturated rings. The van der Waals surface area contributed by atoms with E-state index in [1.807, 2.05) is 0 Å². The van der Waals surface area contributed by atoms with Crippen LogP contribution in [0.5, 0.6) is 0 Å². The number of halogens is 4. The van der Waals surface area contributed by atoms with Crippen LogP contribution >= 0.6 is 23.2 Å². The van der Waals surface area contributed by atoms with Gasteiger partial charge in [0, 0.05) is 22.0 Å². The summed E-state index contributed by atoms with van der Waals surface area (Å²) in [4.78, 5) is 23.4. The van der Waals surface area contributed by atoms with E-state index in [0.717, 1.165) is 12.1 Å². The maximum atomic E-state index is 13.6. The van der Waals surface area contributed by atoms with E-state index in [-0.39, 0.29) is 11.4 Å². The zero-order valence-electron chi connectivity index (χ0n) is 12.7. The van der Waals surface area contributed by atoms with E-state index in [4.69, 9.17) is 23.2 Å². The van der Waals surface area contributed by atoms with Crippen molar-refractivity contribution in [3.8, 4) is 0 Å². The van der Waals surface area contributed by atoms with E-state index in [1.54, 1.807) is 6.07 Å². The summed E-state index contributed by atoms with van der Waals surface area (Å²) in [6.07, 6.45) is -0.715. The summed E-state index contributed by atoms with van der Waals surface area (Å²) in [5.74, 6) is -3.86. The molecule has 0 unspecified atom stereocenters. The van der Waals surface area contributed by atoms with Gasteiger partial charge >= 0.3 is 5.97 Å². The lowest BCUT2D eigenvalue weighted by Crippen LogP contribution is -2.43.